The predicted molar refractivity (Wildman–Crippen MR) is 240 cm³/mol. The summed E-state index contributed by atoms with van der Waals surface area (Å²) >= 11 is 0. The van der Waals surface area contributed by atoms with Crippen molar-refractivity contribution in [3.8, 4) is 0 Å². The number of fused-ring (bicyclic) bond motifs is 2. The Morgan fingerprint density at radius 2 is 1.14 bits per heavy atom. The van der Waals surface area contributed by atoms with Crippen molar-refractivity contribution in [2.24, 2.45) is 0 Å². The molecule has 11 nitrogen and oxygen atoms in total. The summed E-state index contributed by atoms with van der Waals surface area (Å²) in [4.78, 5) is 39.6. The molecule has 59 heavy (non-hydrogen) atoms. The van der Waals surface area contributed by atoms with Crippen molar-refractivity contribution in [2.75, 3.05) is 35.2 Å². The summed E-state index contributed by atoms with van der Waals surface area (Å²) in [5, 5.41) is 19.6. The first-order valence-corrected chi connectivity index (χ1v) is 20.4. The first-order chi connectivity index (χ1) is 28.5. The van der Waals surface area contributed by atoms with Crippen molar-refractivity contribution in [1.29, 1.82) is 0 Å². The van der Waals surface area contributed by atoms with Crippen molar-refractivity contribution < 1.29 is 14.4 Å². The highest BCUT2D eigenvalue weighted by atomic mass is 16.2. The number of urea groups is 2. The number of hydrogen-bond acceptors (Lipinski definition) is 6. The molecule has 0 spiro atoms. The van der Waals surface area contributed by atoms with E-state index in [0.29, 0.717) is 17.9 Å². The van der Waals surface area contributed by atoms with Crippen molar-refractivity contribution >= 4 is 62.3 Å². The molecule has 2 heterocycles. The van der Waals surface area contributed by atoms with Crippen LogP contribution in [0.2, 0.25) is 0 Å². The molecule has 6 aromatic carbocycles. The molecule has 8 rings (SSSR count). The quantitative estimate of drug-likeness (QED) is 0.0832. The minimum Gasteiger partial charge on any atom is -0.398 e. The number of anilines is 4. The van der Waals surface area contributed by atoms with Crippen LogP contribution in [-0.2, 0) is 4.79 Å². The predicted octanol–water partition coefficient (Wildman–Crippen LogP) is 8.95. The number of hydrogen-bond donors (Lipinski definition) is 7. The average Bonchev–Trinajstić information content (AvgIpc) is 3.22. The second kappa shape index (κ2) is 18.3. The smallest absolute Gasteiger partial charge is 0.319 e. The molecule has 0 radical (unpaired) electrons. The SMILES string of the molecule is CC(=O)N1CCCC(NC(=O)Nc2ccc3cc(C)cc(N)c3c2)C1c1ccccc1.Cc1cc(N)c2cc(NC(=O)NC3CCCNC3c3ccccc3)ccc2c1. The summed E-state index contributed by atoms with van der Waals surface area (Å²) in [5.41, 5.74) is 19.6. The number of nitrogens with one attached hydrogen (secondary N) is 5. The number of rotatable bonds is 6. The van der Waals surface area contributed by atoms with Crippen LogP contribution in [0.15, 0.2) is 121 Å². The topological polar surface area (TPSA) is 167 Å². The van der Waals surface area contributed by atoms with Gasteiger partial charge in [-0.3, -0.25) is 4.79 Å². The Kier molecular flexibility index (Phi) is 12.6. The average molecular weight is 791 g/mol. The lowest BCUT2D eigenvalue weighted by molar-refractivity contribution is -0.133. The molecule has 2 aliphatic rings. The summed E-state index contributed by atoms with van der Waals surface area (Å²) in [5.74, 6) is 0.0149. The van der Waals surface area contributed by atoms with Crippen molar-refractivity contribution in [3.63, 3.8) is 0 Å². The Labute approximate surface area is 345 Å². The number of carbonyl (C=O) groups is 3. The second-order valence-electron chi connectivity index (χ2n) is 15.7. The van der Waals surface area contributed by atoms with Gasteiger partial charge in [-0.25, -0.2) is 9.59 Å². The van der Waals surface area contributed by atoms with Gasteiger partial charge in [-0.1, -0.05) is 84.9 Å². The number of amides is 5. The fourth-order valence-electron chi connectivity index (χ4n) is 8.53. The Balaban J connectivity index is 0.000000180. The van der Waals surface area contributed by atoms with E-state index in [0.717, 1.165) is 81.8 Å². The summed E-state index contributed by atoms with van der Waals surface area (Å²) in [6.07, 6.45) is 3.64. The molecule has 2 fully saturated rings. The highest BCUT2D eigenvalue weighted by molar-refractivity contribution is 6.00. The molecule has 11 heteroatoms. The van der Waals surface area contributed by atoms with Gasteiger partial charge in [-0.15, -0.1) is 0 Å². The van der Waals surface area contributed by atoms with Crippen LogP contribution >= 0.6 is 0 Å². The fourth-order valence-corrected chi connectivity index (χ4v) is 8.53. The van der Waals surface area contributed by atoms with E-state index in [4.69, 9.17) is 11.5 Å². The fraction of sp³-hybridized carbons (Fsp3) is 0.271. The van der Waals surface area contributed by atoms with Crippen LogP contribution in [0.1, 0.15) is 66.9 Å². The van der Waals surface area contributed by atoms with E-state index in [1.807, 2.05) is 116 Å². The number of piperidine rings is 2. The standard InChI is InChI=1S/C25H28N4O2.C23H26N4O/c1-16-13-19-10-11-20(15-21(19)22(26)14-16)27-25(31)28-23-9-6-12-29(17(2)30)24(23)18-7-4-3-5-8-18;1-15-12-17-9-10-18(14-19(17)20(24)13-15)26-23(28)27-21-8-5-11-25-22(21)16-6-3-2-4-7-16/h3-5,7-8,10-11,13-15,23-24H,6,9,12,26H2,1-2H3,(H2,27,28,31);2-4,6-7,9-10,12-14,21-22,25H,5,8,11,24H2,1H3,(H2,26,27,28). The van der Waals surface area contributed by atoms with Gasteiger partial charge in [0.25, 0.3) is 0 Å². The van der Waals surface area contributed by atoms with E-state index in [2.05, 4.69) is 50.8 Å². The van der Waals surface area contributed by atoms with Gasteiger partial charge in [0.15, 0.2) is 0 Å². The van der Waals surface area contributed by atoms with Crippen LogP contribution in [0.5, 0.6) is 0 Å². The lowest BCUT2D eigenvalue weighted by Gasteiger charge is -2.41. The molecule has 0 aromatic heterocycles. The van der Waals surface area contributed by atoms with E-state index >= 15 is 0 Å². The number of benzene rings is 6. The second-order valence-corrected chi connectivity index (χ2v) is 15.7. The van der Waals surface area contributed by atoms with E-state index in [9.17, 15) is 14.4 Å². The van der Waals surface area contributed by atoms with Gasteiger partial charge in [0.2, 0.25) is 5.91 Å². The minimum absolute atomic E-state index is 0.0149. The molecule has 304 valence electrons. The molecule has 9 N–H and O–H groups in total. The van der Waals surface area contributed by atoms with E-state index in [1.54, 1.807) is 6.92 Å². The van der Waals surface area contributed by atoms with Crippen LogP contribution in [-0.4, -0.2) is 48.0 Å². The van der Waals surface area contributed by atoms with Crippen molar-refractivity contribution in [3.05, 3.63) is 144 Å². The third kappa shape index (κ3) is 9.93. The molecule has 5 amide bonds. The number of likely N-dealkylation sites (tertiary alicyclic amines) is 1. The normalized spacial score (nSPS) is 18.9. The number of nitrogens with two attached hydrogens (primary N) is 2. The van der Waals surface area contributed by atoms with Crippen LogP contribution in [0.3, 0.4) is 0 Å². The van der Waals surface area contributed by atoms with Gasteiger partial charge in [0, 0.05) is 47.0 Å². The zero-order valence-corrected chi connectivity index (χ0v) is 33.9. The number of carbonyl (C=O) groups excluding carboxylic acids is 3. The molecule has 0 saturated carbocycles. The first kappa shape index (κ1) is 40.6. The molecule has 2 saturated heterocycles. The summed E-state index contributed by atoms with van der Waals surface area (Å²) < 4.78 is 0. The van der Waals surface area contributed by atoms with Crippen molar-refractivity contribution in [1.82, 2.24) is 20.9 Å². The maximum Gasteiger partial charge on any atom is 0.319 e. The summed E-state index contributed by atoms with van der Waals surface area (Å²) in [6, 6.07) is 39.1. The molecule has 4 unspecified atom stereocenters. The largest absolute Gasteiger partial charge is 0.398 e. The molecule has 4 atom stereocenters. The Morgan fingerprint density at radius 1 is 0.627 bits per heavy atom. The van der Waals surface area contributed by atoms with Gasteiger partial charge < -0.3 is 43.0 Å². The van der Waals surface area contributed by atoms with Gasteiger partial charge in [-0.05, 0) is 115 Å². The lowest BCUT2D eigenvalue weighted by Crippen LogP contribution is -2.52. The van der Waals surface area contributed by atoms with Crippen LogP contribution in [0.4, 0.5) is 32.3 Å². The summed E-state index contributed by atoms with van der Waals surface area (Å²) in [6.45, 7) is 7.27. The monoisotopic (exact) mass is 790 g/mol. The maximum atomic E-state index is 12.9. The highest BCUT2D eigenvalue weighted by Gasteiger charge is 2.35. The van der Waals surface area contributed by atoms with Crippen molar-refractivity contribution in [2.45, 2.75) is 70.6 Å². The van der Waals surface area contributed by atoms with Crippen LogP contribution in [0, 0.1) is 13.8 Å². The zero-order valence-electron chi connectivity index (χ0n) is 33.9. The van der Waals surface area contributed by atoms with Gasteiger partial charge in [-0.2, -0.15) is 0 Å². The zero-order chi connectivity index (χ0) is 41.5. The molecular weight excluding hydrogens is 737 g/mol. The molecule has 2 aliphatic heterocycles. The lowest BCUT2D eigenvalue weighted by atomic mass is 9.90. The van der Waals surface area contributed by atoms with E-state index in [-0.39, 0.29) is 42.1 Å². The molecule has 0 bridgehead atoms. The van der Waals surface area contributed by atoms with Crippen LogP contribution < -0.4 is 38.1 Å². The van der Waals surface area contributed by atoms with E-state index in [1.165, 1.54) is 5.56 Å². The molecule has 0 aliphatic carbocycles. The highest BCUT2D eigenvalue weighted by Crippen LogP contribution is 2.32. The first-order valence-electron chi connectivity index (χ1n) is 20.4. The number of nitrogens with zero attached hydrogens (tertiary/aromatic N) is 1. The van der Waals surface area contributed by atoms with Gasteiger partial charge in [0.1, 0.15) is 0 Å². The molecule has 6 aromatic rings. The summed E-state index contributed by atoms with van der Waals surface area (Å²) in [7, 11) is 0. The third-order valence-corrected chi connectivity index (χ3v) is 11.2. The maximum absolute atomic E-state index is 12.9. The van der Waals surface area contributed by atoms with E-state index < -0.39 is 0 Å². The molecular formula is C48H54N8O3. The minimum atomic E-state index is -0.290. The number of nitrogen functional groups attached to an aromatic ring is 2. The van der Waals surface area contributed by atoms with Gasteiger partial charge in [0.05, 0.1) is 24.2 Å². The van der Waals surface area contributed by atoms with Crippen LogP contribution in [0.25, 0.3) is 21.5 Å². The Morgan fingerprint density at radius 3 is 1.68 bits per heavy atom. The Hall–Kier alpha value is -6.59. The number of aryl methyl sites for hydroxylation is 2. The van der Waals surface area contributed by atoms with Gasteiger partial charge >= 0.3 is 12.1 Å². The Bertz CT molecular complexity index is 2440. The third-order valence-electron chi connectivity index (χ3n) is 11.2.